The van der Waals surface area contributed by atoms with E-state index < -0.39 is 11.9 Å². The molecule has 0 amide bonds. The Hall–Kier alpha value is -4.58. The third-order valence-corrected chi connectivity index (χ3v) is 4.80. The molecule has 34 heavy (non-hydrogen) atoms. The zero-order valence-corrected chi connectivity index (χ0v) is 19.0. The Bertz CT molecular complexity index is 1330. The number of fused-ring (bicyclic) bond motifs is 1. The third-order valence-electron chi connectivity index (χ3n) is 4.80. The van der Waals surface area contributed by atoms with Crippen molar-refractivity contribution < 1.29 is 23.5 Å². The number of benzene rings is 2. The van der Waals surface area contributed by atoms with Gasteiger partial charge in [-0.2, -0.15) is 5.10 Å². The summed E-state index contributed by atoms with van der Waals surface area (Å²) < 4.78 is 15.5. The van der Waals surface area contributed by atoms with Crippen molar-refractivity contribution in [1.29, 1.82) is 0 Å². The van der Waals surface area contributed by atoms with Crippen LogP contribution in [0, 0.1) is 12.3 Å². The molecule has 2 aromatic carbocycles. The molecule has 0 spiro atoms. The SMILES string of the molecule is C#Cc1[nH]nc(N)c1-c1ccccc1.CCOC(=O)C(C(C)=O)c1nc2c(OC)cccc2o1. The predicted molar refractivity (Wildman–Crippen MR) is 127 cm³/mol. The van der Waals surface area contributed by atoms with E-state index in [1.165, 1.54) is 14.0 Å². The highest BCUT2D eigenvalue weighted by Crippen LogP contribution is 2.29. The zero-order chi connectivity index (χ0) is 24.7. The van der Waals surface area contributed by atoms with Crippen LogP contribution in [0.5, 0.6) is 5.75 Å². The van der Waals surface area contributed by atoms with E-state index in [1.807, 2.05) is 30.3 Å². The Labute approximate surface area is 196 Å². The van der Waals surface area contributed by atoms with Crippen LogP contribution >= 0.6 is 0 Å². The van der Waals surface area contributed by atoms with Gasteiger partial charge in [-0.3, -0.25) is 14.7 Å². The number of hydrogen-bond donors (Lipinski definition) is 2. The molecule has 0 saturated carbocycles. The number of carbonyl (C=O) groups excluding carboxylic acids is 2. The molecule has 2 heterocycles. The van der Waals surface area contributed by atoms with Gasteiger partial charge in [-0.15, -0.1) is 6.42 Å². The van der Waals surface area contributed by atoms with Crippen molar-refractivity contribution in [3.63, 3.8) is 0 Å². The number of aromatic amines is 1. The molecule has 0 saturated heterocycles. The van der Waals surface area contributed by atoms with Crippen LogP contribution in [0.15, 0.2) is 52.9 Å². The molecule has 3 N–H and O–H groups in total. The number of nitrogens with two attached hydrogens (primary N) is 1. The molecule has 1 unspecified atom stereocenters. The molecule has 9 heteroatoms. The van der Waals surface area contributed by atoms with Gasteiger partial charge < -0.3 is 19.6 Å². The lowest BCUT2D eigenvalue weighted by Gasteiger charge is -2.08. The van der Waals surface area contributed by atoms with E-state index in [4.69, 9.17) is 26.0 Å². The van der Waals surface area contributed by atoms with Crippen molar-refractivity contribution in [1.82, 2.24) is 15.2 Å². The number of Topliss-reactive ketones (excluding diaryl/α,β-unsaturated/α-hetero) is 1. The monoisotopic (exact) mass is 460 g/mol. The molecule has 2 aromatic heterocycles. The molecule has 0 aliphatic rings. The van der Waals surface area contributed by atoms with Gasteiger partial charge in [-0.1, -0.05) is 42.3 Å². The molecule has 174 valence electrons. The highest BCUT2D eigenvalue weighted by atomic mass is 16.5. The number of para-hydroxylation sites is 1. The summed E-state index contributed by atoms with van der Waals surface area (Å²) in [6.45, 7) is 3.16. The first-order chi connectivity index (χ1) is 16.4. The fourth-order valence-electron chi connectivity index (χ4n) is 3.25. The van der Waals surface area contributed by atoms with Crippen LogP contribution in [0.3, 0.4) is 0 Å². The van der Waals surface area contributed by atoms with E-state index in [0.717, 1.165) is 11.1 Å². The van der Waals surface area contributed by atoms with Crippen molar-refractivity contribution in [3.8, 4) is 29.2 Å². The number of aromatic nitrogens is 3. The lowest BCUT2D eigenvalue weighted by molar-refractivity contribution is -0.148. The molecule has 0 aliphatic carbocycles. The van der Waals surface area contributed by atoms with Gasteiger partial charge in [-0.25, -0.2) is 4.98 Å². The minimum atomic E-state index is -1.15. The first kappa shape index (κ1) is 24.1. The first-order valence-corrected chi connectivity index (χ1v) is 10.4. The molecule has 0 aliphatic heterocycles. The number of methoxy groups -OCH3 is 1. The van der Waals surface area contributed by atoms with Gasteiger partial charge in [0.2, 0.25) is 5.89 Å². The second-order valence-corrected chi connectivity index (χ2v) is 7.02. The number of oxazole rings is 1. The summed E-state index contributed by atoms with van der Waals surface area (Å²) in [5.74, 6) is 1.30. The van der Waals surface area contributed by atoms with Crippen molar-refractivity contribution in [2.45, 2.75) is 19.8 Å². The van der Waals surface area contributed by atoms with Crippen LogP contribution in [-0.4, -0.2) is 40.7 Å². The summed E-state index contributed by atoms with van der Waals surface area (Å²) in [7, 11) is 1.51. The average molecular weight is 460 g/mol. The molecular weight excluding hydrogens is 436 g/mol. The van der Waals surface area contributed by atoms with Gasteiger partial charge in [0.15, 0.2) is 28.6 Å². The van der Waals surface area contributed by atoms with Gasteiger partial charge in [0, 0.05) is 0 Å². The molecular formula is C25H24N4O5. The van der Waals surface area contributed by atoms with E-state index >= 15 is 0 Å². The molecule has 1 atom stereocenters. The highest BCUT2D eigenvalue weighted by Gasteiger charge is 2.32. The molecule has 0 fully saturated rings. The largest absolute Gasteiger partial charge is 0.494 e. The lowest BCUT2D eigenvalue weighted by Crippen LogP contribution is -2.22. The Kier molecular flexibility index (Phi) is 7.67. The second kappa shape index (κ2) is 10.8. The molecule has 9 nitrogen and oxygen atoms in total. The van der Waals surface area contributed by atoms with Crippen molar-refractivity contribution in [2.24, 2.45) is 0 Å². The van der Waals surface area contributed by atoms with Crippen molar-refractivity contribution in [2.75, 3.05) is 19.5 Å². The Morgan fingerprint density at radius 2 is 1.94 bits per heavy atom. The summed E-state index contributed by atoms with van der Waals surface area (Å²) in [5, 5.41) is 6.59. The highest BCUT2D eigenvalue weighted by molar-refractivity contribution is 6.02. The van der Waals surface area contributed by atoms with Crippen molar-refractivity contribution in [3.05, 3.63) is 60.1 Å². The van der Waals surface area contributed by atoms with E-state index in [0.29, 0.717) is 28.4 Å². The maximum Gasteiger partial charge on any atom is 0.326 e. The minimum absolute atomic E-state index is 0.0236. The number of nitrogens with one attached hydrogen (secondary N) is 1. The second-order valence-electron chi connectivity index (χ2n) is 7.02. The number of anilines is 1. The average Bonchev–Trinajstić information content (AvgIpc) is 3.42. The number of hydrogen-bond acceptors (Lipinski definition) is 8. The number of H-pyrrole nitrogens is 1. The molecule has 0 radical (unpaired) electrons. The summed E-state index contributed by atoms with van der Waals surface area (Å²) in [4.78, 5) is 27.7. The standard InChI is InChI=1S/C14H15NO5.C11H9N3/c1-4-19-14(17)11(8(2)16)13-15-12-9(18-3)6-5-7-10(12)20-13;1-2-9-10(11(12)14-13-9)8-6-4-3-5-7-8/h5-7,11H,4H2,1-3H3;1,3-7H,(H3,12,13,14). The summed E-state index contributed by atoms with van der Waals surface area (Å²) >= 11 is 0. The number of nitrogens with zero attached hydrogens (tertiary/aromatic N) is 2. The lowest BCUT2D eigenvalue weighted by atomic mass is 10.1. The first-order valence-electron chi connectivity index (χ1n) is 10.4. The maximum atomic E-state index is 11.8. The Morgan fingerprint density at radius 1 is 1.21 bits per heavy atom. The number of terminal acetylenes is 1. The van der Waals surface area contributed by atoms with E-state index in [-0.39, 0.29) is 18.3 Å². The predicted octanol–water partition coefficient (Wildman–Crippen LogP) is 3.71. The van der Waals surface area contributed by atoms with Crippen LogP contribution in [0.25, 0.3) is 22.2 Å². The number of rotatable bonds is 6. The van der Waals surface area contributed by atoms with Crippen LogP contribution in [0.1, 0.15) is 31.4 Å². The van der Waals surface area contributed by atoms with Gasteiger partial charge >= 0.3 is 5.97 Å². The van der Waals surface area contributed by atoms with E-state index in [9.17, 15) is 9.59 Å². The van der Waals surface area contributed by atoms with Crippen LogP contribution in [-0.2, 0) is 14.3 Å². The van der Waals surface area contributed by atoms with Crippen molar-refractivity contribution >= 4 is 28.7 Å². The quantitative estimate of drug-likeness (QED) is 0.253. The maximum absolute atomic E-state index is 11.8. The topological polar surface area (TPSA) is 133 Å². The summed E-state index contributed by atoms with van der Waals surface area (Å²) in [6, 6.07) is 14.9. The normalized spacial score (nSPS) is 11.1. The Morgan fingerprint density at radius 3 is 2.56 bits per heavy atom. The van der Waals surface area contributed by atoms with E-state index in [2.05, 4.69) is 21.1 Å². The summed E-state index contributed by atoms with van der Waals surface area (Å²) in [5.41, 5.74) is 9.03. The van der Waals surface area contributed by atoms with Gasteiger partial charge in [0.05, 0.1) is 19.3 Å². The number of ketones is 1. The van der Waals surface area contributed by atoms with Crippen LogP contribution < -0.4 is 10.5 Å². The Balaban J connectivity index is 0.000000202. The van der Waals surface area contributed by atoms with E-state index in [1.54, 1.807) is 25.1 Å². The minimum Gasteiger partial charge on any atom is -0.494 e. The zero-order valence-electron chi connectivity index (χ0n) is 19.0. The smallest absolute Gasteiger partial charge is 0.326 e. The number of esters is 1. The molecule has 4 aromatic rings. The van der Waals surface area contributed by atoms with Crippen LogP contribution in [0.4, 0.5) is 5.82 Å². The number of carbonyl (C=O) groups is 2. The van der Waals surface area contributed by atoms with Gasteiger partial charge in [-0.05, 0) is 31.5 Å². The number of ether oxygens (including phenoxy) is 2. The summed E-state index contributed by atoms with van der Waals surface area (Å²) in [6.07, 6.45) is 5.32. The van der Waals surface area contributed by atoms with Gasteiger partial charge in [0.25, 0.3) is 0 Å². The van der Waals surface area contributed by atoms with Gasteiger partial charge in [0.1, 0.15) is 11.4 Å². The third kappa shape index (κ3) is 5.07. The fourth-order valence-corrected chi connectivity index (χ4v) is 3.25. The van der Waals surface area contributed by atoms with Crippen LogP contribution in [0.2, 0.25) is 0 Å². The molecule has 0 bridgehead atoms. The fraction of sp³-hybridized carbons (Fsp3) is 0.200. The molecule has 4 rings (SSSR count). The number of nitrogen functional groups attached to an aromatic ring is 1.